The second-order valence-electron chi connectivity index (χ2n) is 4.58. The van der Waals surface area contributed by atoms with Crippen molar-refractivity contribution in [1.82, 2.24) is 5.32 Å². The summed E-state index contributed by atoms with van der Waals surface area (Å²) in [6.07, 6.45) is 3.02. The Balaban J connectivity index is 2.69. The van der Waals surface area contributed by atoms with E-state index in [0.717, 1.165) is 17.5 Å². The van der Waals surface area contributed by atoms with Gasteiger partial charge in [-0.1, -0.05) is 24.8 Å². The summed E-state index contributed by atoms with van der Waals surface area (Å²) in [7, 11) is 0. The molecule has 1 aromatic rings. The van der Waals surface area contributed by atoms with Crippen LogP contribution in [0.25, 0.3) is 0 Å². The molecule has 0 aromatic heterocycles. The molecule has 0 bridgehead atoms. The Morgan fingerprint density at radius 3 is 2.90 bits per heavy atom. The molecule has 0 aliphatic carbocycles. The third kappa shape index (κ3) is 5.28. The van der Waals surface area contributed by atoms with E-state index in [-0.39, 0.29) is 12.5 Å². The van der Waals surface area contributed by atoms with E-state index in [1.165, 1.54) is 0 Å². The van der Waals surface area contributed by atoms with E-state index in [2.05, 4.69) is 30.3 Å². The molecule has 1 unspecified atom stereocenters. The zero-order chi connectivity index (χ0) is 15.0. The Morgan fingerprint density at radius 1 is 1.50 bits per heavy atom. The number of aliphatic hydroxyl groups excluding tert-OH is 1. The number of nitrogens with one attached hydrogen (secondary N) is 1. The number of carbonyl (C=O) groups is 1. The minimum Gasteiger partial charge on any atom is -0.384 e. The van der Waals surface area contributed by atoms with Gasteiger partial charge in [0.15, 0.2) is 0 Å². The first-order chi connectivity index (χ1) is 9.58. The van der Waals surface area contributed by atoms with Crippen molar-refractivity contribution < 1.29 is 9.90 Å². The summed E-state index contributed by atoms with van der Waals surface area (Å²) in [4.78, 5) is 12.0. The molecule has 1 amide bonds. The van der Waals surface area contributed by atoms with Gasteiger partial charge in [0.25, 0.3) is 5.91 Å². The van der Waals surface area contributed by atoms with Gasteiger partial charge in [-0.15, -0.1) is 0 Å². The molecule has 0 heterocycles. The number of carbonyl (C=O) groups excluding carboxylic acids is 1. The molecule has 0 saturated heterocycles. The van der Waals surface area contributed by atoms with E-state index in [4.69, 9.17) is 5.11 Å². The lowest BCUT2D eigenvalue weighted by Crippen LogP contribution is -2.26. The van der Waals surface area contributed by atoms with E-state index >= 15 is 0 Å². The molecule has 0 aliphatic rings. The number of rotatable bonds is 5. The summed E-state index contributed by atoms with van der Waals surface area (Å²) in [6, 6.07) is 5.44. The van der Waals surface area contributed by atoms with E-state index in [1.54, 1.807) is 23.9 Å². The molecule has 108 valence electrons. The summed E-state index contributed by atoms with van der Waals surface area (Å²) in [5.74, 6) is 5.39. The molecule has 4 heteroatoms. The van der Waals surface area contributed by atoms with E-state index in [0.29, 0.717) is 17.4 Å². The lowest BCUT2D eigenvalue weighted by molar-refractivity contribution is 0.0953. The molecule has 3 nitrogen and oxygen atoms in total. The maximum absolute atomic E-state index is 12.0. The van der Waals surface area contributed by atoms with Crippen LogP contribution in [0.3, 0.4) is 0 Å². The first kappa shape index (κ1) is 16.6. The highest BCUT2D eigenvalue weighted by Crippen LogP contribution is 2.11. The lowest BCUT2D eigenvalue weighted by atomic mass is 10.0. The summed E-state index contributed by atoms with van der Waals surface area (Å²) in [5.41, 5.74) is 2.39. The van der Waals surface area contributed by atoms with Crippen LogP contribution in [0, 0.1) is 18.8 Å². The Kier molecular flexibility index (Phi) is 7.21. The Labute approximate surface area is 125 Å². The van der Waals surface area contributed by atoms with Gasteiger partial charge >= 0.3 is 0 Å². The maximum Gasteiger partial charge on any atom is 0.251 e. The highest BCUT2D eigenvalue weighted by Gasteiger charge is 2.07. The predicted molar refractivity (Wildman–Crippen MR) is 85.1 cm³/mol. The van der Waals surface area contributed by atoms with Gasteiger partial charge in [-0.2, -0.15) is 11.8 Å². The van der Waals surface area contributed by atoms with E-state index in [1.807, 2.05) is 13.0 Å². The fourth-order valence-electron chi connectivity index (χ4n) is 1.64. The van der Waals surface area contributed by atoms with Crippen LogP contribution < -0.4 is 5.32 Å². The summed E-state index contributed by atoms with van der Waals surface area (Å²) in [6.45, 7) is 4.57. The van der Waals surface area contributed by atoms with Crippen LogP contribution in [-0.4, -0.2) is 35.7 Å². The number of hydrogen-bond acceptors (Lipinski definition) is 3. The van der Waals surface area contributed by atoms with Crippen LogP contribution in [-0.2, 0) is 0 Å². The fraction of sp³-hybridized carbons (Fsp3) is 0.438. The van der Waals surface area contributed by atoms with E-state index < -0.39 is 0 Å². The van der Waals surface area contributed by atoms with Gasteiger partial charge in [0, 0.05) is 22.9 Å². The number of thioether (sulfide) groups is 1. The molecule has 20 heavy (non-hydrogen) atoms. The third-order valence-electron chi connectivity index (χ3n) is 3.04. The average molecular weight is 291 g/mol. The molecule has 0 saturated carbocycles. The van der Waals surface area contributed by atoms with Crippen LogP contribution >= 0.6 is 11.8 Å². The van der Waals surface area contributed by atoms with Gasteiger partial charge < -0.3 is 10.4 Å². The minimum atomic E-state index is -0.178. The summed E-state index contributed by atoms with van der Waals surface area (Å²) < 4.78 is 0. The summed E-state index contributed by atoms with van der Waals surface area (Å²) >= 11 is 1.79. The number of amides is 1. The largest absolute Gasteiger partial charge is 0.384 e. The van der Waals surface area contributed by atoms with Crippen molar-refractivity contribution in [2.24, 2.45) is 0 Å². The van der Waals surface area contributed by atoms with Crippen molar-refractivity contribution in [1.29, 1.82) is 0 Å². The zero-order valence-corrected chi connectivity index (χ0v) is 13.0. The molecule has 1 aromatic carbocycles. The molecule has 0 radical (unpaired) electrons. The van der Waals surface area contributed by atoms with Gasteiger partial charge in [0.1, 0.15) is 6.61 Å². The van der Waals surface area contributed by atoms with Crippen molar-refractivity contribution in [3.05, 3.63) is 34.9 Å². The monoisotopic (exact) mass is 291 g/mol. The van der Waals surface area contributed by atoms with Crippen LogP contribution in [0.5, 0.6) is 0 Å². The molecule has 0 fully saturated rings. The number of hydrogen-bond donors (Lipinski definition) is 2. The van der Waals surface area contributed by atoms with Crippen molar-refractivity contribution >= 4 is 17.7 Å². The topological polar surface area (TPSA) is 49.3 Å². The van der Waals surface area contributed by atoms with Crippen molar-refractivity contribution in [2.45, 2.75) is 25.5 Å². The highest BCUT2D eigenvalue weighted by atomic mass is 32.2. The predicted octanol–water partition coefficient (Wildman–Crippen LogP) is 2.21. The van der Waals surface area contributed by atoms with Crippen LogP contribution in [0.15, 0.2) is 18.2 Å². The molecular formula is C16H21NO2S. The van der Waals surface area contributed by atoms with Crippen molar-refractivity contribution in [2.75, 3.05) is 19.4 Å². The Morgan fingerprint density at radius 2 is 2.25 bits per heavy atom. The molecule has 0 spiro atoms. The zero-order valence-electron chi connectivity index (χ0n) is 12.2. The van der Waals surface area contributed by atoms with Crippen molar-refractivity contribution in [3.63, 3.8) is 0 Å². The summed E-state index contributed by atoms with van der Waals surface area (Å²) in [5, 5.41) is 12.2. The van der Waals surface area contributed by atoms with Gasteiger partial charge in [0.05, 0.1) is 0 Å². The first-order valence-corrected chi connectivity index (χ1v) is 7.88. The third-order valence-corrected chi connectivity index (χ3v) is 4.08. The van der Waals surface area contributed by atoms with Gasteiger partial charge in [0.2, 0.25) is 0 Å². The second-order valence-corrected chi connectivity index (χ2v) is 5.86. The van der Waals surface area contributed by atoms with Crippen molar-refractivity contribution in [3.8, 4) is 11.8 Å². The normalized spacial score (nSPS) is 11.4. The Hall–Kier alpha value is -1.44. The highest BCUT2D eigenvalue weighted by molar-refractivity contribution is 7.99. The molecule has 1 rings (SSSR count). The first-order valence-electron chi connectivity index (χ1n) is 6.60. The van der Waals surface area contributed by atoms with Crippen LogP contribution in [0.1, 0.15) is 34.8 Å². The average Bonchev–Trinajstić information content (AvgIpc) is 2.46. The second kappa shape index (κ2) is 8.68. The fourth-order valence-corrected chi connectivity index (χ4v) is 2.00. The van der Waals surface area contributed by atoms with Crippen LogP contribution in [0.4, 0.5) is 0 Å². The smallest absolute Gasteiger partial charge is 0.251 e. The van der Waals surface area contributed by atoms with Crippen LogP contribution in [0.2, 0.25) is 0 Å². The quantitative estimate of drug-likeness (QED) is 0.818. The SMILES string of the molecule is CSC(C)CCNC(=O)c1ccc(C)c(C#CCO)c1. The van der Waals surface area contributed by atoms with Gasteiger partial charge in [-0.3, -0.25) is 4.79 Å². The Bertz CT molecular complexity index is 517. The molecule has 1 atom stereocenters. The molecular weight excluding hydrogens is 270 g/mol. The lowest BCUT2D eigenvalue weighted by Gasteiger charge is -2.10. The van der Waals surface area contributed by atoms with Gasteiger partial charge in [-0.25, -0.2) is 0 Å². The number of benzene rings is 1. The number of aliphatic hydroxyl groups is 1. The van der Waals surface area contributed by atoms with E-state index in [9.17, 15) is 4.79 Å². The minimum absolute atomic E-state index is 0.0784. The maximum atomic E-state index is 12.0. The number of aryl methyl sites for hydroxylation is 1. The molecule has 0 aliphatic heterocycles. The van der Waals surface area contributed by atoms with Gasteiger partial charge in [-0.05, 0) is 37.3 Å². The molecule has 2 N–H and O–H groups in total. The standard InChI is InChI=1S/C16H21NO2S/c1-12-6-7-15(11-14(12)5-4-10-18)16(19)17-9-8-13(2)20-3/h6-7,11,13,18H,8-10H2,1-3H3,(H,17,19).